The molecule has 1 aliphatic heterocycles. The number of carbonyl (C=O) groups excluding carboxylic acids is 1. The topological polar surface area (TPSA) is 42.4 Å². The number of nitrogens with zero attached hydrogens (tertiary/aromatic N) is 2. The van der Waals surface area contributed by atoms with Gasteiger partial charge in [-0.3, -0.25) is 4.79 Å². The zero-order valence-corrected chi connectivity index (χ0v) is 13.6. The molecule has 1 atom stereocenters. The molecule has 1 fully saturated rings. The summed E-state index contributed by atoms with van der Waals surface area (Å²) in [5, 5.41) is 5.03. The van der Waals surface area contributed by atoms with Gasteiger partial charge in [-0.2, -0.15) is 0 Å². The van der Waals surface area contributed by atoms with Gasteiger partial charge < -0.3 is 9.64 Å². The van der Waals surface area contributed by atoms with Crippen LogP contribution in [0.25, 0.3) is 9.88 Å². The van der Waals surface area contributed by atoms with Crippen LogP contribution in [0.3, 0.4) is 0 Å². The molecule has 1 amide bonds. The summed E-state index contributed by atoms with van der Waals surface area (Å²) in [4.78, 5) is 20.0. The lowest BCUT2D eigenvalue weighted by Gasteiger charge is -2.32. The standard InChI is InChI=1S/C15H18N2O2S2/c1-2-12-9-17(5-6-19-12)14(18)8-11-10-21-15(16-11)13-4-3-7-20-13/h3-4,7,10,12H,2,5-6,8-9H2,1H3/t12-/m0/s1. The highest BCUT2D eigenvalue weighted by molar-refractivity contribution is 7.20. The maximum atomic E-state index is 12.4. The first-order valence-electron chi connectivity index (χ1n) is 7.14. The molecule has 0 saturated carbocycles. The average Bonchev–Trinajstić information content (AvgIpc) is 3.18. The number of carbonyl (C=O) groups is 1. The molecule has 2 aromatic rings. The highest BCUT2D eigenvalue weighted by atomic mass is 32.1. The molecule has 0 unspecified atom stereocenters. The summed E-state index contributed by atoms with van der Waals surface area (Å²) in [6, 6.07) is 4.08. The van der Waals surface area contributed by atoms with Crippen molar-refractivity contribution in [2.75, 3.05) is 19.7 Å². The first-order valence-corrected chi connectivity index (χ1v) is 8.90. The van der Waals surface area contributed by atoms with Gasteiger partial charge in [0.2, 0.25) is 5.91 Å². The first-order chi connectivity index (χ1) is 10.3. The summed E-state index contributed by atoms with van der Waals surface area (Å²) < 4.78 is 5.60. The summed E-state index contributed by atoms with van der Waals surface area (Å²) >= 11 is 3.28. The number of hydrogen-bond acceptors (Lipinski definition) is 5. The lowest BCUT2D eigenvalue weighted by atomic mass is 10.2. The Balaban J connectivity index is 1.62. The van der Waals surface area contributed by atoms with Crippen LogP contribution in [0.1, 0.15) is 19.0 Å². The van der Waals surface area contributed by atoms with E-state index in [4.69, 9.17) is 4.74 Å². The average molecular weight is 322 g/mol. The summed E-state index contributed by atoms with van der Waals surface area (Å²) in [5.41, 5.74) is 0.868. The van der Waals surface area contributed by atoms with Gasteiger partial charge in [-0.15, -0.1) is 22.7 Å². The van der Waals surface area contributed by atoms with E-state index in [0.717, 1.165) is 22.0 Å². The van der Waals surface area contributed by atoms with Crippen LogP contribution in [0, 0.1) is 0 Å². The normalized spacial score (nSPS) is 18.9. The van der Waals surface area contributed by atoms with Crippen LogP contribution in [0.5, 0.6) is 0 Å². The van der Waals surface area contributed by atoms with E-state index >= 15 is 0 Å². The van der Waals surface area contributed by atoms with Crippen LogP contribution in [-0.2, 0) is 16.0 Å². The highest BCUT2D eigenvalue weighted by Crippen LogP contribution is 2.28. The van der Waals surface area contributed by atoms with Crippen molar-refractivity contribution < 1.29 is 9.53 Å². The minimum absolute atomic E-state index is 0.153. The van der Waals surface area contributed by atoms with Gasteiger partial charge in [0.1, 0.15) is 5.01 Å². The molecular formula is C15H18N2O2S2. The monoisotopic (exact) mass is 322 g/mol. The fourth-order valence-electron chi connectivity index (χ4n) is 2.36. The zero-order chi connectivity index (χ0) is 14.7. The molecule has 4 nitrogen and oxygen atoms in total. The molecule has 0 radical (unpaired) electrons. The molecule has 0 aliphatic carbocycles. The van der Waals surface area contributed by atoms with Crippen LogP contribution < -0.4 is 0 Å². The molecule has 112 valence electrons. The third kappa shape index (κ3) is 3.51. The molecule has 3 rings (SSSR count). The summed E-state index contributed by atoms with van der Waals surface area (Å²) in [7, 11) is 0. The molecule has 0 N–H and O–H groups in total. The largest absolute Gasteiger partial charge is 0.375 e. The van der Waals surface area contributed by atoms with E-state index < -0.39 is 0 Å². The second kappa shape index (κ2) is 6.68. The fourth-order valence-corrected chi connectivity index (χ4v) is 4.00. The van der Waals surface area contributed by atoms with Crippen molar-refractivity contribution in [3.63, 3.8) is 0 Å². The third-order valence-corrected chi connectivity index (χ3v) is 5.49. The van der Waals surface area contributed by atoms with Crippen LogP contribution in [-0.4, -0.2) is 41.6 Å². The lowest BCUT2D eigenvalue weighted by molar-refractivity contribution is -0.138. The van der Waals surface area contributed by atoms with Crippen molar-refractivity contribution in [2.45, 2.75) is 25.9 Å². The number of ether oxygens (including phenoxy) is 1. The van der Waals surface area contributed by atoms with Crippen molar-refractivity contribution in [3.05, 3.63) is 28.6 Å². The molecule has 3 heterocycles. The molecule has 0 spiro atoms. The Hall–Kier alpha value is -1.24. The van der Waals surface area contributed by atoms with Crippen LogP contribution in [0.4, 0.5) is 0 Å². The number of hydrogen-bond donors (Lipinski definition) is 0. The second-order valence-electron chi connectivity index (χ2n) is 5.04. The van der Waals surface area contributed by atoms with Crippen LogP contribution in [0.2, 0.25) is 0 Å². The van der Waals surface area contributed by atoms with E-state index in [1.54, 1.807) is 22.7 Å². The van der Waals surface area contributed by atoms with Crippen LogP contribution >= 0.6 is 22.7 Å². The molecule has 0 bridgehead atoms. The lowest BCUT2D eigenvalue weighted by Crippen LogP contribution is -2.46. The summed E-state index contributed by atoms with van der Waals surface area (Å²) in [5.74, 6) is 0.153. The third-order valence-electron chi connectivity index (χ3n) is 3.56. The molecule has 6 heteroatoms. The fraction of sp³-hybridized carbons (Fsp3) is 0.467. The molecular weight excluding hydrogens is 304 g/mol. The van der Waals surface area contributed by atoms with Gasteiger partial charge in [-0.1, -0.05) is 13.0 Å². The van der Waals surface area contributed by atoms with Crippen LogP contribution in [0.15, 0.2) is 22.9 Å². The predicted octanol–water partition coefficient (Wildman–Crippen LogP) is 3.05. The van der Waals surface area contributed by atoms with Gasteiger partial charge in [0.05, 0.1) is 29.7 Å². The van der Waals surface area contributed by atoms with E-state index in [2.05, 4.69) is 18.0 Å². The highest BCUT2D eigenvalue weighted by Gasteiger charge is 2.23. The zero-order valence-electron chi connectivity index (χ0n) is 11.9. The van der Waals surface area contributed by atoms with Crippen molar-refractivity contribution in [1.29, 1.82) is 0 Å². The number of thiophene rings is 1. The molecule has 21 heavy (non-hydrogen) atoms. The summed E-state index contributed by atoms with van der Waals surface area (Å²) in [6.45, 7) is 4.13. The van der Waals surface area contributed by atoms with E-state index in [9.17, 15) is 4.79 Å². The molecule has 1 saturated heterocycles. The second-order valence-corrected chi connectivity index (χ2v) is 6.84. The van der Waals surface area contributed by atoms with E-state index in [-0.39, 0.29) is 12.0 Å². The first kappa shape index (κ1) is 14.7. The number of amides is 1. The van der Waals surface area contributed by atoms with Gasteiger partial charge in [0.25, 0.3) is 0 Å². The minimum atomic E-state index is 0.153. The van der Waals surface area contributed by atoms with Crippen molar-refractivity contribution >= 4 is 28.6 Å². The Kier molecular flexibility index (Phi) is 4.67. The van der Waals surface area contributed by atoms with E-state index in [1.165, 1.54) is 0 Å². The summed E-state index contributed by atoms with van der Waals surface area (Å²) in [6.07, 6.45) is 1.52. The van der Waals surface area contributed by atoms with E-state index in [1.807, 2.05) is 21.7 Å². The maximum Gasteiger partial charge on any atom is 0.228 e. The minimum Gasteiger partial charge on any atom is -0.375 e. The number of rotatable bonds is 4. The smallest absolute Gasteiger partial charge is 0.228 e. The quantitative estimate of drug-likeness (QED) is 0.869. The van der Waals surface area contributed by atoms with Gasteiger partial charge in [0, 0.05) is 18.5 Å². The Morgan fingerprint density at radius 3 is 3.19 bits per heavy atom. The number of aromatic nitrogens is 1. The van der Waals surface area contributed by atoms with Gasteiger partial charge >= 0.3 is 0 Å². The molecule has 1 aliphatic rings. The number of morpholine rings is 1. The van der Waals surface area contributed by atoms with Crippen molar-refractivity contribution in [3.8, 4) is 9.88 Å². The Bertz CT molecular complexity index is 595. The van der Waals surface area contributed by atoms with Gasteiger partial charge in [-0.25, -0.2) is 4.98 Å². The molecule has 2 aromatic heterocycles. The van der Waals surface area contributed by atoms with Gasteiger partial charge in [0.15, 0.2) is 0 Å². The number of thiazole rings is 1. The maximum absolute atomic E-state index is 12.4. The Labute approximate surface area is 132 Å². The van der Waals surface area contributed by atoms with E-state index in [0.29, 0.717) is 26.1 Å². The van der Waals surface area contributed by atoms with Crippen molar-refractivity contribution in [2.24, 2.45) is 0 Å². The Morgan fingerprint density at radius 1 is 1.52 bits per heavy atom. The van der Waals surface area contributed by atoms with Crippen molar-refractivity contribution in [1.82, 2.24) is 9.88 Å². The van der Waals surface area contributed by atoms with Gasteiger partial charge in [-0.05, 0) is 17.9 Å². The molecule has 0 aromatic carbocycles. The SMILES string of the molecule is CC[C@H]1CN(C(=O)Cc2csc(-c3cccs3)n2)CCO1. The Morgan fingerprint density at radius 2 is 2.43 bits per heavy atom. The predicted molar refractivity (Wildman–Crippen MR) is 85.7 cm³/mol.